The zero-order chi connectivity index (χ0) is 13.6. The van der Waals surface area contributed by atoms with Crippen LogP contribution in [0.1, 0.15) is 26.3 Å². The highest BCUT2D eigenvalue weighted by molar-refractivity contribution is 5.76. The molecule has 100 valence electrons. The lowest BCUT2D eigenvalue weighted by atomic mass is 10.0. The summed E-state index contributed by atoms with van der Waals surface area (Å²) in [5, 5.41) is 3.27. The highest BCUT2D eigenvalue weighted by Crippen LogP contribution is 2.08. The number of hydroxylamine groups is 1. The van der Waals surface area contributed by atoms with E-state index >= 15 is 0 Å². The first-order valence-electron chi connectivity index (χ1n) is 6.11. The van der Waals surface area contributed by atoms with Crippen molar-refractivity contribution in [2.24, 2.45) is 0 Å². The monoisotopic (exact) mass is 250 g/mol. The largest absolute Gasteiger partial charge is 0.370 e. The van der Waals surface area contributed by atoms with Crippen LogP contribution in [0.5, 0.6) is 0 Å². The zero-order valence-corrected chi connectivity index (χ0v) is 11.5. The molecule has 0 bridgehead atoms. The van der Waals surface area contributed by atoms with E-state index in [0.29, 0.717) is 6.42 Å². The van der Waals surface area contributed by atoms with Crippen molar-refractivity contribution < 1.29 is 9.63 Å². The fourth-order valence-electron chi connectivity index (χ4n) is 1.74. The smallest absolute Gasteiger partial charge is 0.342 e. The van der Waals surface area contributed by atoms with Crippen LogP contribution < -0.4 is 10.8 Å². The van der Waals surface area contributed by atoms with Gasteiger partial charge >= 0.3 is 5.97 Å². The molecule has 0 aromatic heterocycles. The second-order valence-electron chi connectivity index (χ2n) is 5.26. The number of benzene rings is 1. The Morgan fingerprint density at radius 1 is 1.28 bits per heavy atom. The molecule has 2 N–H and O–H groups in total. The molecule has 18 heavy (non-hydrogen) atoms. The minimum atomic E-state index is -0.361. The van der Waals surface area contributed by atoms with E-state index in [-0.39, 0.29) is 17.6 Å². The predicted octanol–water partition coefficient (Wildman–Crippen LogP) is 1.66. The van der Waals surface area contributed by atoms with E-state index in [4.69, 9.17) is 4.84 Å². The highest BCUT2D eigenvalue weighted by atomic mass is 16.7. The Morgan fingerprint density at radius 3 is 2.39 bits per heavy atom. The van der Waals surface area contributed by atoms with Crippen molar-refractivity contribution in [2.45, 2.75) is 38.8 Å². The molecule has 0 saturated carbocycles. The minimum absolute atomic E-state index is 0.147. The molecule has 0 radical (unpaired) electrons. The molecular weight excluding hydrogens is 228 g/mol. The fourth-order valence-corrected chi connectivity index (χ4v) is 1.74. The molecule has 0 amide bonds. The van der Waals surface area contributed by atoms with Gasteiger partial charge in [-0.2, -0.15) is 5.48 Å². The van der Waals surface area contributed by atoms with E-state index in [2.05, 4.69) is 10.8 Å². The van der Waals surface area contributed by atoms with E-state index in [1.165, 1.54) is 0 Å². The third kappa shape index (κ3) is 5.29. The first-order chi connectivity index (χ1) is 8.42. The number of nitrogens with one attached hydrogen (secondary N) is 2. The average Bonchev–Trinajstić information content (AvgIpc) is 2.28. The van der Waals surface area contributed by atoms with Crippen molar-refractivity contribution in [2.75, 3.05) is 7.05 Å². The Morgan fingerprint density at radius 2 is 1.89 bits per heavy atom. The van der Waals surface area contributed by atoms with E-state index < -0.39 is 0 Å². The summed E-state index contributed by atoms with van der Waals surface area (Å²) < 4.78 is 0. The summed E-state index contributed by atoms with van der Waals surface area (Å²) in [5.74, 6) is -0.295. The maximum absolute atomic E-state index is 11.9. The van der Waals surface area contributed by atoms with Crippen LogP contribution in [0.4, 0.5) is 0 Å². The Labute approximate surface area is 109 Å². The first-order valence-corrected chi connectivity index (χ1v) is 6.11. The van der Waals surface area contributed by atoms with Crippen LogP contribution >= 0.6 is 0 Å². The summed E-state index contributed by atoms with van der Waals surface area (Å²) in [7, 11) is 1.58. The third-order valence-electron chi connectivity index (χ3n) is 2.38. The van der Waals surface area contributed by atoms with E-state index in [9.17, 15) is 4.79 Å². The van der Waals surface area contributed by atoms with Crippen LogP contribution in [-0.4, -0.2) is 24.6 Å². The topological polar surface area (TPSA) is 50.4 Å². The van der Waals surface area contributed by atoms with E-state index in [1.54, 1.807) is 7.05 Å². The summed E-state index contributed by atoms with van der Waals surface area (Å²) in [6, 6.07) is 9.54. The molecule has 0 heterocycles. The number of hydrogen-bond donors (Lipinski definition) is 2. The number of carbonyl (C=O) groups excluding carboxylic acids is 1. The molecule has 1 rings (SSSR count). The zero-order valence-electron chi connectivity index (χ0n) is 11.5. The maximum Gasteiger partial charge on any atom is 0.342 e. The summed E-state index contributed by atoms with van der Waals surface area (Å²) in [4.78, 5) is 16.7. The van der Waals surface area contributed by atoms with Gasteiger partial charge < -0.3 is 4.84 Å². The highest BCUT2D eigenvalue weighted by Gasteiger charge is 2.25. The van der Waals surface area contributed by atoms with E-state index in [0.717, 1.165) is 5.56 Å². The van der Waals surface area contributed by atoms with Gasteiger partial charge in [-0.25, -0.2) is 4.79 Å². The van der Waals surface area contributed by atoms with Gasteiger partial charge in [0, 0.05) is 12.6 Å². The van der Waals surface area contributed by atoms with Crippen LogP contribution in [0.25, 0.3) is 0 Å². The molecule has 4 heteroatoms. The van der Waals surface area contributed by atoms with Gasteiger partial charge in [-0.05, 0) is 32.8 Å². The first kappa shape index (κ1) is 14.7. The maximum atomic E-state index is 11.9. The molecule has 0 fully saturated rings. The number of carbonyl (C=O) groups is 1. The van der Waals surface area contributed by atoms with Gasteiger partial charge in [0.25, 0.3) is 0 Å². The molecular formula is C14H22N2O2. The summed E-state index contributed by atoms with van der Waals surface area (Å²) in [6.45, 7) is 6.08. The molecule has 4 nitrogen and oxygen atoms in total. The molecule has 0 spiro atoms. The van der Waals surface area contributed by atoms with Gasteiger partial charge in [-0.3, -0.25) is 5.32 Å². The molecule has 1 atom stereocenters. The predicted molar refractivity (Wildman–Crippen MR) is 72.0 cm³/mol. The van der Waals surface area contributed by atoms with Gasteiger partial charge in [0.15, 0.2) is 0 Å². The Hall–Kier alpha value is -1.39. The minimum Gasteiger partial charge on any atom is -0.370 e. The molecule has 0 saturated heterocycles. The third-order valence-corrected chi connectivity index (χ3v) is 2.38. The summed E-state index contributed by atoms with van der Waals surface area (Å²) >= 11 is 0. The van der Waals surface area contributed by atoms with Crippen molar-refractivity contribution in [3.8, 4) is 0 Å². The Kier molecular flexibility index (Phi) is 5.31. The molecule has 0 aliphatic rings. The molecule has 0 aliphatic heterocycles. The second-order valence-corrected chi connectivity index (χ2v) is 5.26. The molecule has 1 aromatic rings. The molecule has 1 unspecified atom stereocenters. The molecule has 1 aromatic carbocycles. The number of hydrogen-bond acceptors (Lipinski definition) is 4. The summed E-state index contributed by atoms with van der Waals surface area (Å²) in [6.07, 6.45) is 0.610. The normalized spacial score (nSPS) is 13.1. The fraction of sp³-hybridized carbons (Fsp3) is 0.500. The lowest BCUT2D eigenvalue weighted by Crippen LogP contribution is -2.50. The van der Waals surface area contributed by atoms with Crippen LogP contribution in [-0.2, 0) is 16.1 Å². The molecule has 0 aliphatic carbocycles. The summed E-state index contributed by atoms with van der Waals surface area (Å²) in [5.41, 5.74) is 3.39. The lowest BCUT2D eigenvalue weighted by molar-refractivity contribution is -0.153. The van der Waals surface area contributed by atoms with Crippen molar-refractivity contribution in [3.63, 3.8) is 0 Å². The van der Waals surface area contributed by atoms with Crippen molar-refractivity contribution in [3.05, 3.63) is 35.9 Å². The number of rotatable bonds is 5. The lowest BCUT2D eigenvalue weighted by Gasteiger charge is -2.27. The van der Waals surface area contributed by atoms with Crippen LogP contribution in [0.15, 0.2) is 30.3 Å². The van der Waals surface area contributed by atoms with Gasteiger partial charge in [0.05, 0.1) is 0 Å². The second kappa shape index (κ2) is 6.52. The standard InChI is InChI=1S/C14H22N2O2/c1-14(2,3)16-12(13(17)18-15-4)10-11-8-6-5-7-9-11/h5-9,12,15-16H,10H2,1-4H3. The van der Waals surface area contributed by atoms with Gasteiger partial charge in [0.2, 0.25) is 0 Å². The van der Waals surface area contributed by atoms with Gasteiger partial charge in [-0.1, -0.05) is 30.3 Å². The van der Waals surface area contributed by atoms with Gasteiger partial charge in [-0.15, -0.1) is 0 Å². The van der Waals surface area contributed by atoms with Crippen molar-refractivity contribution >= 4 is 5.97 Å². The van der Waals surface area contributed by atoms with Crippen molar-refractivity contribution in [1.29, 1.82) is 0 Å². The van der Waals surface area contributed by atoms with Crippen LogP contribution in [0.3, 0.4) is 0 Å². The Balaban J connectivity index is 2.74. The van der Waals surface area contributed by atoms with E-state index in [1.807, 2.05) is 51.1 Å². The van der Waals surface area contributed by atoms with Crippen LogP contribution in [0, 0.1) is 0 Å². The van der Waals surface area contributed by atoms with Crippen molar-refractivity contribution in [1.82, 2.24) is 10.8 Å². The van der Waals surface area contributed by atoms with Gasteiger partial charge in [0.1, 0.15) is 6.04 Å². The van der Waals surface area contributed by atoms with Crippen LogP contribution in [0.2, 0.25) is 0 Å². The quantitative estimate of drug-likeness (QED) is 0.780. The Bertz CT molecular complexity index is 371. The average molecular weight is 250 g/mol. The SMILES string of the molecule is CNOC(=O)C(Cc1ccccc1)NC(C)(C)C.